The van der Waals surface area contributed by atoms with E-state index < -0.39 is 32.5 Å². The number of H-pyrrole nitrogens is 1. The molecular weight excluding hydrogens is 397 g/mol. The van der Waals surface area contributed by atoms with Gasteiger partial charge < -0.3 is 4.42 Å². The summed E-state index contributed by atoms with van der Waals surface area (Å²) in [5.74, 6) is -0.755. The number of fused-ring (bicyclic) bond motifs is 1. The molecule has 0 atom stereocenters. The Hall–Kier alpha value is -2.46. The number of alkyl halides is 3. The number of nitrogens with one attached hydrogen (secondary N) is 2. The molecule has 6 nitrogen and oxygen atoms in total. The molecule has 1 heterocycles. The van der Waals surface area contributed by atoms with E-state index in [4.69, 9.17) is 16.0 Å². The summed E-state index contributed by atoms with van der Waals surface area (Å²) in [6, 6.07) is 5.16. The highest BCUT2D eigenvalue weighted by molar-refractivity contribution is 7.92. The summed E-state index contributed by atoms with van der Waals surface area (Å²) in [5, 5.41) is -0.549. The van der Waals surface area contributed by atoms with Gasteiger partial charge in [-0.2, -0.15) is 13.2 Å². The number of oxazole rings is 1. The van der Waals surface area contributed by atoms with Crippen LogP contribution in [-0.4, -0.2) is 13.4 Å². The molecule has 3 aromatic rings. The van der Waals surface area contributed by atoms with Gasteiger partial charge in [-0.1, -0.05) is 11.6 Å². The molecule has 0 saturated heterocycles. The van der Waals surface area contributed by atoms with E-state index in [0.717, 1.165) is 18.2 Å². The molecule has 2 N–H and O–H groups in total. The third-order valence-corrected chi connectivity index (χ3v) is 5.38. The van der Waals surface area contributed by atoms with Crippen molar-refractivity contribution in [2.24, 2.45) is 0 Å². The largest absolute Gasteiger partial charge is 0.417 e. The van der Waals surface area contributed by atoms with Gasteiger partial charge in [0.25, 0.3) is 10.0 Å². The fraction of sp³-hybridized carbons (Fsp3) is 0.133. The molecule has 0 bridgehead atoms. The Morgan fingerprint density at radius 2 is 1.88 bits per heavy atom. The predicted molar refractivity (Wildman–Crippen MR) is 88.8 cm³/mol. The van der Waals surface area contributed by atoms with Crippen molar-refractivity contribution >= 4 is 38.4 Å². The maximum atomic E-state index is 12.9. The second kappa shape index (κ2) is 6.06. The average molecular weight is 407 g/mol. The van der Waals surface area contributed by atoms with Gasteiger partial charge in [0.2, 0.25) is 0 Å². The van der Waals surface area contributed by atoms with Crippen molar-refractivity contribution in [3.05, 3.63) is 57.0 Å². The summed E-state index contributed by atoms with van der Waals surface area (Å²) in [6.45, 7) is 1.47. The fourth-order valence-electron chi connectivity index (χ4n) is 2.39. The molecule has 0 unspecified atom stereocenters. The molecule has 0 aliphatic rings. The van der Waals surface area contributed by atoms with Crippen molar-refractivity contribution in [2.75, 3.05) is 4.72 Å². The van der Waals surface area contributed by atoms with E-state index in [9.17, 15) is 26.4 Å². The van der Waals surface area contributed by atoms with Crippen molar-refractivity contribution < 1.29 is 26.0 Å². The Labute approximate surface area is 149 Å². The molecular formula is C15H10ClF3N2O4S. The van der Waals surface area contributed by atoms with Crippen LogP contribution < -0.4 is 10.5 Å². The van der Waals surface area contributed by atoms with E-state index in [-0.39, 0.29) is 21.7 Å². The van der Waals surface area contributed by atoms with Gasteiger partial charge in [-0.15, -0.1) is 0 Å². The monoisotopic (exact) mass is 406 g/mol. The fourth-order valence-corrected chi connectivity index (χ4v) is 3.91. The smallest absolute Gasteiger partial charge is 0.408 e. The number of hydrogen-bond donors (Lipinski definition) is 2. The number of rotatable bonds is 3. The van der Waals surface area contributed by atoms with E-state index in [1.807, 2.05) is 0 Å². The zero-order valence-corrected chi connectivity index (χ0v) is 14.5. The van der Waals surface area contributed by atoms with E-state index in [2.05, 4.69) is 9.71 Å². The summed E-state index contributed by atoms with van der Waals surface area (Å²) in [7, 11) is -4.24. The van der Waals surface area contributed by atoms with E-state index in [1.54, 1.807) is 0 Å². The van der Waals surface area contributed by atoms with Gasteiger partial charge in [-0.25, -0.2) is 13.2 Å². The van der Waals surface area contributed by atoms with Crippen molar-refractivity contribution in [1.29, 1.82) is 0 Å². The molecule has 11 heteroatoms. The normalized spacial score (nSPS) is 12.5. The van der Waals surface area contributed by atoms with Crippen LogP contribution in [0.5, 0.6) is 0 Å². The van der Waals surface area contributed by atoms with E-state index >= 15 is 0 Å². The summed E-state index contributed by atoms with van der Waals surface area (Å²) in [6.07, 6.45) is -4.73. The first-order valence-corrected chi connectivity index (χ1v) is 8.86. The molecule has 1 aromatic heterocycles. The molecule has 0 saturated carbocycles. The van der Waals surface area contributed by atoms with Crippen molar-refractivity contribution in [1.82, 2.24) is 4.98 Å². The number of aromatic amines is 1. The van der Waals surface area contributed by atoms with Crippen LogP contribution in [0.4, 0.5) is 18.9 Å². The maximum Gasteiger partial charge on any atom is 0.417 e. The number of hydrogen-bond acceptors (Lipinski definition) is 4. The number of benzene rings is 2. The Bertz CT molecular complexity index is 1170. The minimum absolute atomic E-state index is 0.00746. The number of aromatic nitrogens is 1. The number of halogens is 4. The first kappa shape index (κ1) is 18.3. The van der Waals surface area contributed by atoms with Gasteiger partial charge >= 0.3 is 11.9 Å². The summed E-state index contributed by atoms with van der Waals surface area (Å²) in [5.41, 5.74) is -0.891. The highest BCUT2D eigenvalue weighted by Gasteiger charge is 2.33. The summed E-state index contributed by atoms with van der Waals surface area (Å²) >= 11 is 5.52. The van der Waals surface area contributed by atoms with Gasteiger partial charge in [-0.05, 0) is 36.8 Å². The zero-order chi connectivity index (χ0) is 19.3. The lowest BCUT2D eigenvalue weighted by Gasteiger charge is -2.13. The SMILES string of the molecule is Cc1cc2[nH]c(=O)oc2cc1S(=O)(=O)Nc1ccc(Cl)c(C(F)(F)F)c1. The van der Waals surface area contributed by atoms with Crippen LogP contribution in [0, 0.1) is 6.92 Å². The van der Waals surface area contributed by atoms with Crippen LogP contribution in [0.3, 0.4) is 0 Å². The Kier molecular flexibility index (Phi) is 4.27. The molecule has 138 valence electrons. The minimum atomic E-state index is -4.73. The molecule has 0 fully saturated rings. The number of sulfonamides is 1. The van der Waals surface area contributed by atoms with Gasteiger partial charge in [0, 0.05) is 11.8 Å². The highest BCUT2D eigenvalue weighted by Crippen LogP contribution is 2.36. The highest BCUT2D eigenvalue weighted by atomic mass is 35.5. The first-order chi connectivity index (χ1) is 12.0. The Morgan fingerprint density at radius 3 is 2.54 bits per heavy atom. The van der Waals surface area contributed by atoms with Crippen molar-refractivity contribution in [2.45, 2.75) is 18.0 Å². The van der Waals surface area contributed by atoms with Crippen LogP contribution in [0.15, 0.2) is 44.4 Å². The van der Waals surface area contributed by atoms with Gasteiger partial charge in [-0.3, -0.25) is 9.71 Å². The lowest BCUT2D eigenvalue weighted by Crippen LogP contribution is -2.15. The zero-order valence-electron chi connectivity index (χ0n) is 12.9. The quantitative estimate of drug-likeness (QED) is 0.690. The topological polar surface area (TPSA) is 92.2 Å². The molecule has 0 spiro atoms. The minimum Gasteiger partial charge on any atom is -0.408 e. The third kappa shape index (κ3) is 3.42. The van der Waals surface area contributed by atoms with Crippen molar-refractivity contribution in [3.8, 4) is 0 Å². The van der Waals surface area contributed by atoms with Crippen molar-refractivity contribution in [3.63, 3.8) is 0 Å². The molecule has 0 aliphatic heterocycles. The predicted octanol–water partition coefficient (Wildman–Crippen LogP) is 3.90. The maximum absolute atomic E-state index is 12.9. The van der Waals surface area contributed by atoms with E-state index in [0.29, 0.717) is 11.6 Å². The third-order valence-electron chi connectivity index (χ3n) is 3.53. The van der Waals surface area contributed by atoms with Gasteiger partial charge in [0.05, 0.1) is 21.0 Å². The number of aryl methyl sites for hydroxylation is 1. The van der Waals surface area contributed by atoms with Crippen LogP contribution in [0.25, 0.3) is 11.1 Å². The second-order valence-corrected chi connectivity index (χ2v) is 7.48. The number of anilines is 1. The van der Waals surface area contributed by atoms with Crippen LogP contribution in [0.2, 0.25) is 5.02 Å². The first-order valence-electron chi connectivity index (χ1n) is 7.00. The Balaban J connectivity index is 2.05. The summed E-state index contributed by atoms with van der Waals surface area (Å²) in [4.78, 5) is 13.4. The van der Waals surface area contributed by atoms with Crippen LogP contribution in [0.1, 0.15) is 11.1 Å². The molecule has 0 radical (unpaired) electrons. The summed E-state index contributed by atoms with van der Waals surface area (Å²) < 4.78 is 70.8. The van der Waals surface area contributed by atoms with E-state index in [1.165, 1.54) is 13.0 Å². The molecule has 26 heavy (non-hydrogen) atoms. The van der Waals surface area contributed by atoms with Crippen LogP contribution >= 0.6 is 11.6 Å². The van der Waals surface area contributed by atoms with Crippen LogP contribution in [-0.2, 0) is 16.2 Å². The average Bonchev–Trinajstić information content (AvgIpc) is 2.86. The molecule has 2 aromatic carbocycles. The standard InChI is InChI=1S/C15H10ClF3N2O4S/c1-7-4-11-12(25-14(22)20-11)6-13(7)26(23,24)21-8-2-3-10(16)9(5-8)15(17,18)19/h2-6,21H,1H3,(H,20,22). The lowest BCUT2D eigenvalue weighted by molar-refractivity contribution is -0.137. The molecule has 3 rings (SSSR count). The van der Waals surface area contributed by atoms with Gasteiger partial charge in [0.1, 0.15) is 0 Å². The second-order valence-electron chi connectivity index (χ2n) is 5.43. The molecule has 0 amide bonds. The lowest BCUT2D eigenvalue weighted by atomic mass is 10.2. The molecule has 0 aliphatic carbocycles. The Morgan fingerprint density at radius 1 is 1.19 bits per heavy atom. The van der Waals surface area contributed by atoms with Gasteiger partial charge in [0.15, 0.2) is 5.58 Å².